The second kappa shape index (κ2) is 10.9. The van der Waals surface area contributed by atoms with Crippen molar-refractivity contribution in [3.63, 3.8) is 0 Å². The first-order valence-electron chi connectivity index (χ1n) is 13.7. The summed E-state index contributed by atoms with van der Waals surface area (Å²) in [6.45, 7) is 13.8. The number of hydrogen-bond acceptors (Lipinski definition) is 7. The van der Waals surface area contributed by atoms with Crippen molar-refractivity contribution in [1.82, 2.24) is 14.5 Å². The van der Waals surface area contributed by atoms with Crippen molar-refractivity contribution in [3.05, 3.63) is 53.2 Å². The van der Waals surface area contributed by atoms with E-state index in [4.69, 9.17) is 13.9 Å². The molecule has 1 saturated heterocycles. The Hall–Kier alpha value is -3.25. The number of nitrogens with zero attached hydrogens (tertiary/aromatic N) is 3. The van der Waals surface area contributed by atoms with Crippen molar-refractivity contribution in [1.29, 1.82) is 0 Å². The van der Waals surface area contributed by atoms with Crippen LogP contribution < -0.4 is 4.74 Å². The Kier molecular flexibility index (Phi) is 7.75. The number of rotatable bonds is 7. The fourth-order valence-corrected chi connectivity index (χ4v) is 7.05. The summed E-state index contributed by atoms with van der Waals surface area (Å²) in [4.78, 5) is 32.4. The zero-order chi connectivity index (χ0) is 29.7. The van der Waals surface area contributed by atoms with Crippen molar-refractivity contribution in [2.24, 2.45) is 0 Å². The van der Waals surface area contributed by atoms with Crippen LogP contribution in [0.3, 0.4) is 0 Å². The number of fused-ring (bicyclic) bond motifs is 2. The first kappa shape index (κ1) is 29.2. The summed E-state index contributed by atoms with van der Waals surface area (Å²) in [7, 11) is -0.290. The number of aryl methyl sites for hydroxylation is 1. The Morgan fingerprint density at radius 1 is 1.17 bits per heavy atom. The lowest BCUT2D eigenvalue weighted by atomic mass is 10.2. The highest BCUT2D eigenvalue weighted by molar-refractivity contribution is 7.21. The Balaban J connectivity index is 1.39. The molecule has 0 saturated carbocycles. The van der Waals surface area contributed by atoms with Crippen LogP contribution in [0.5, 0.6) is 11.5 Å². The number of thiophene rings is 1. The van der Waals surface area contributed by atoms with E-state index in [0.29, 0.717) is 46.3 Å². The van der Waals surface area contributed by atoms with Crippen LogP contribution in [0.25, 0.3) is 21.1 Å². The van der Waals surface area contributed by atoms with Crippen molar-refractivity contribution < 1.29 is 28.6 Å². The van der Waals surface area contributed by atoms with Gasteiger partial charge in [-0.25, -0.2) is 4.79 Å². The van der Waals surface area contributed by atoms with E-state index >= 15 is 0 Å². The number of methoxy groups -OCH3 is 1. The van der Waals surface area contributed by atoms with Gasteiger partial charge in [0.05, 0.1) is 39.4 Å². The maximum Gasteiger partial charge on any atom is 0.416 e. The minimum absolute atomic E-state index is 0.0343. The molecule has 218 valence electrons. The van der Waals surface area contributed by atoms with Gasteiger partial charge in [-0.05, 0) is 61.8 Å². The van der Waals surface area contributed by atoms with E-state index < -0.39 is 14.4 Å². The fraction of sp³-hybridized carbons (Fsp3) is 0.433. The average Bonchev–Trinajstić information content (AvgIpc) is 3.60. The normalized spacial score (nSPS) is 18.0. The van der Waals surface area contributed by atoms with Gasteiger partial charge in [-0.3, -0.25) is 14.3 Å². The number of carboxylic acid groups (broad SMARTS) is 1. The van der Waals surface area contributed by atoms with Gasteiger partial charge in [0, 0.05) is 37.0 Å². The van der Waals surface area contributed by atoms with Gasteiger partial charge < -0.3 is 23.9 Å². The number of carbonyl (C=O) groups is 2. The van der Waals surface area contributed by atoms with Crippen LogP contribution in [-0.4, -0.2) is 72.3 Å². The van der Waals surface area contributed by atoms with Crippen LogP contribution >= 0.6 is 11.3 Å². The van der Waals surface area contributed by atoms with Gasteiger partial charge in [0.1, 0.15) is 11.5 Å². The first-order valence-corrected chi connectivity index (χ1v) is 17.4. The summed E-state index contributed by atoms with van der Waals surface area (Å²) in [6.07, 6.45) is 1.34. The van der Waals surface area contributed by atoms with Crippen molar-refractivity contribution >= 4 is 52.8 Å². The van der Waals surface area contributed by atoms with E-state index in [0.717, 1.165) is 16.5 Å². The van der Waals surface area contributed by atoms with Gasteiger partial charge >= 0.3 is 6.09 Å². The number of amides is 1. The standard InChI is InChI=1S/C30H37N3O6SSi/c1-18-12-19-13-21(8-9-24(19)33(18)29(35)36)39-25-10-11-31-23-15-26(40-27(23)25)28(34)32-16-22(37-5)14-20(32)17-38-41(6,7)30(2,3)4/h8-13,15,20,22H,14,16-17H2,1-7H3,(H,35,36). The number of ether oxygens (including phenoxy) is 2. The molecule has 0 bridgehead atoms. The minimum Gasteiger partial charge on any atom is -0.464 e. The molecule has 2 atom stereocenters. The number of aromatic nitrogens is 2. The van der Waals surface area contributed by atoms with Crippen LogP contribution in [0.1, 0.15) is 42.6 Å². The summed E-state index contributed by atoms with van der Waals surface area (Å²) >= 11 is 1.36. The topological polar surface area (TPSA) is 103 Å². The molecule has 9 nitrogen and oxygen atoms in total. The molecular formula is C30H37N3O6SSi. The van der Waals surface area contributed by atoms with Crippen LogP contribution in [0, 0.1) is 6.92 Å². The summed E-state index contributed by atoms with van der Waals surface area (Å²) in [5.74, 6) is 1.09. The Morgan fingerprint density at radius 3 is 2.61 bits per heavy atom. The van der Waals surface area contributed by atoms with Crippen LogP contribution in [-0.2, 0) is 9.16 Å². The summed E-state index contributed by atoms with van der Waals surface area (Å²) in [5.41, 5.74) is 1.91. The molecule has 4 heterocycles. The van der Waals surface area contributed by atoms with E-state index in [2.05, 4.69) is 38.8 Å². The van der Waals surface area contributed by atoms with E-state index in [1.54, 1.807) is 38.4 Å². The minimum atomic E-state index is -1.98. The zero-order valence-electron chi connectivity index (χ0n) is 24.6. The quantitative estimate of drug-likeness (QED) is 0.227. The molecule has 3 aromatic heterocycles. The highest BCUT2D eigenvalue weighted by Gasteiger charge is 2.41. The van der Waals surface area contributed by atoms with E-state index in [-0.39, 0.29) is 23.1 Å². The molecule has 1 N–H and O–H groups in total. The zero-order valence-corrected chi connectivity index (χ0v) is 26.4. The molecule has 2 unspecified atom stereocenters. The number of likely N-dealkylation sites (tertiary alicyclic amines) is 1. The maximum atomic E-state index is 13.8. The molecule has 11 heteroatoms. The molecule has 1 aliphatic heterocycles. The highest BCUT2D eigenvalue weighted by Crippen LogP contribution is 2.39. The largest absolute Gasteiger partial charge is 0.464 e. The molecule has 1 amide bonds. The fourth-order valence-electron chi connectivity index (χ4n) is 4.99. The summed E-state index contributed by atoms with van der Waals surface area (Å²) in [5, 5.41) is 10.4. The van der Waals surface area contributed by atoms with Gasteiger partial charge in [0.2, 0.25) is 0 Å². The summed E-state index contributed by atoms with van der Waals surface area (Å²) < 4.78 is 20.4. The summed E-state index contributed by atoms with van der Waals surface area (Å²) in [6, 6.07) is 10.6. The van der Waals surface area contributed by atoms with Gasteiger partial charge in [-0.2, -0.15) is 0 Å². The smallest absolute Gasteiger partial charge is 0.416 e. The molecule has 0 radical (unpaired) electrons. The monoisotopic (exact) mass is 595 g/mol. The highest BCUT2D eigenvalue weighted by atomic mass is 32.1. The number of benzene rings is 1. The van der Waals surface area contributed by atoms with Crippen LogP contribution in [0.2, 0.25) is 18.1 Å². The SMILES string of the molecule is COC1CC(CO[Si](C)(C)C(C)(C)C)N(C(=O)c2cc3nccc(Oc4ccc5c(c4)cc(C)n5C(=O)O)c3s2)C1. The molecule has 0 aliphatic carbocycles. The average molecular weight is 596 g/mol. The van der Waals surface area contributed by atoms with Gasteiger partial charge in [0.15, 0.2) is 8.32 Å². The number of hydrogen-bond donors (Lipinski definition) is 1. The molecule has 0 spiro atoms. The lowest BCUT2D eigenvalue weighted by Gasteiger charge is -2.37. The van der Waals surface area contributed by atoms with E-state index in [1.807, 2.05) is 23.1 Å². The predicted octanol–water partition coefficient (Wildman–Crippen LogP) is 7.13. The van der Waals surface area contributed by atoms with Crippen LogP contribution in [0.15, 0.2) is 42.6 Å². The first-order chi connectivity index (χ1) is 19.3. The molecule has 1 aromatic carbocycles. The van der Waals surface area contributed by atoms with Gasteiger partial charge in [-0.1, -0.05) is 20.8 Å². The third-order valence-corrected chi connectivity index (χ3v) is 14.0. The number of pyridine rings is 1. The molecule has 41 heavy (non-hydrogen) atoms. The lowest BCUT2D eigenvalue weighted by molar-refractivity contribution is 0.0657. The van der Waals surface area contributed by atoms with Gasteiger partial charge in [0.25, 0.3) is 5.91 Å². The predicted molar refractivity (Wildman–Crippen MR) is 163 cm³/mol. The third kappa shape index (κ3) is 5.63. The van der Waals surface area contributed by atoms with Crippen molar-refractivity contribution in [3.8, 4) is 11.5 Å². The maximum absolute atomic E-state index is 13.8. The van der Waals surface area contributed by atoms with E-state index in [9.17, 15) is 14.7 Å². The van der Waals surface area contributed by atoms with Gasteiger partial charge in [-0.15, -0.1) is 11.3 Å². The second-order valence-corrected chi connectivity index (χ2v) is 18.0. The Labute approximate surface area is 244 Å². The molecule has 5 rings (SSSR count). The molecule has 1 aliphatic rings. The molecule has 4 aromatic rings. The molecule has 1 fully saturated rings. The van der Waals surface area contributed by atoms with Crippen molar-refractivity contribution in [2.45, 2.75) is 64.4 Å². The van der Waals surface area contributed by atoms with E-state index in [1.165, 1.54) is 15.9 Å². The molecular weight excluding hydrogens is 558 g/mol. The number of carbonyl (C=O) groups excluding carboxylic acids is 1. The lowest BCUT2D eigenvalue weighted by Crippen LogP contribution is -2.45. The third-order valence-electron chi connectivity index (χ3n) is 8.38. The van der Waals surface area contributed by atoms with Crippen LogP contribution in [0.4, 0.5) is 4.79 Å². The van der Waals surface area contributed by atoms with Crippen molar-refractivity contribution in [2.75, 3.05) is 20.3 Å². The Morgan fingerprint density at radius 2 is 1.93 bits per heavy atom. The Bertz CT molecular complexity index is 1620. The second-order valence-electron chi connectivity index (χ2n) is 12.1.